The van der Waals surface area contributed by atoms with Crippen LogP contribution in [-0.4, -0.2) is 18.7 Å². The van der Waals surface area contributed by atoms with Crippen molar-refractivity contribution in [3.05, 3.63) is 27.7 Å². The van der Waals surface area contributed by atoms with Crippen molar-refractivity contribution in [2.24, 2.45) is 0 Å². The van der Waals surface area contributed by atoms with Gasteiger partial charge in [-0.3, -0.25) is 4.79 Å². The van der Waals surface area contributed by atoms with Crippen LogP contribution in [-0.2, 0) is 17.8 Å². The Bertz CT molecular complexity index is 517. The topological polar surface area (TPSA) is 38.3 Å². The summed E-state index contributed by atoms with van der Waals surface area (Å²) in [7, 11) is 0. The molecular weight excluding hydrogens is 339 g/mol. The van der Waals surface area contributed by atoms with Gasteiger partial charge in [-0.15, -0.1) is 0 Å². The van der Waals surface area contributed by atoms with Gasteiger partial charge < -0.3 is 10.1 Å². The number of hydrogen-bond acceptors (Lipinski definition) is 2. The van der Waals surface area contributed by atoms with Crippen LogP contribution in [0.2, 0.25) is 0 Å². The van der Waals surface area contributed by atoms with E-state index in [1.54, 1.807) is 6.07 Å². The minimum Gasteiger partial charge on any atom is -0.493 e. The Morgan fingerprint density at radius 1 is 1.40 bits per heavy atom. The zero-order valence-electron chi connectivity index (χ0n) is 10.5. The molecule has 1 aromatic carbocycles. The zero-order valence-corrected chi connectivity index (χ0v) is 12.1. The first-order valence-corrected chi connectivity index (χ1v) is 6.92. The first-order chi connectivity index (χ1) is 9.35. The fraction of sp³-hybridized carbons (Fsp3) is 0.462. The summed E-state index contributed by atoms with van der Waals surface area (Å²) in [5.74, 6) is 0.110. The maximum atomic E-state index is 12.0. The molecule has 20 heavy (non-hydrogen) atoms. The predicted molar refractivity (Wildman–Crippen MR) is 70.5 cm³/mol. The molecule has 0 unspecified atom stereocenters. The summed E-state index contributed by atoms with van der Waals surface area (Å²) in [5, 5.41) is 2.49. The number of nitrogens with one attached hydrogen (secondary N) is 1. The van der Waals surface area contributed by atoms with Crippen LogP contribution in [0.25, 0.3) is 0 Å². The highest BCUT2D eigenvalue weighted by atomic mass is 79.9. The van der Waals surface area contributed by atoms with Gasteiger partial charge in [-0.2, -0.15) is 13.2 Å². The number of fused-ring (bicyclic) bond motifs is 1. The molecular formula is C13H13BrF3NO2. The van der Waals surface area contributed by atoms with E-state index >= 15 is 0 Å². The molecule has 0 spiro atoms. The maximum Gasteiger partial charge on any atom is 0.389 e. The standard InChI is InChI=1S/C13H13BrF3NO2/c14-10-5-8-2-4-20-12(8)9(6-10)7-18-11(19)1-3-13(15,16)17/h5-6H,1-4,7H2,(H,18,19). The van der Waals surface area contributed by atoms with Crippen molar-refractivity contribution in [3.8, 4) is 5.75 Å². The third-order valence-electron chi connectivity index (χ3n) is 2.94. The molecule has 0 saturated carbocycles. The number of benzene rings is 1. The second-order valence-corrected chi connectivity index (χ2v) is 5.46. The zero-order chi connectivity index (χ0) is 14.8. The van der Waals surface area contributed by atoms with Crippen LogP contribution in [0, 0.1) is 0 Å². The van der Waals surface area contributed by atoms with Gasteiger partial charge in [0.05, 0.1) is 13.0 Å². The molecule has 110 valence electrons. The van der Waals surface area contributed by atoms with E-state index in [2.05, 4.69) is 21.2 Å². The van der Waals surface area contributed by atoms with Gasteiger partial charge in [-0.1, -0.05) is 15.9 Å². The van der Waals surface area contributed by atoms with E-state index in [4.69, 9.17) is 4.74 Å². The largest absolute Gasteiger partial charge is 0.493 e. The minimum atomic E-state index is -4.31. The third-order valence-corrected chi connectivity index (χ3v) is 3.39. The number of rotatable bonds is 4. The summed E-state index contributed by atoms with van der Waals surface area (Å²) in [6.07, 6.45) is -5.17. The number of alkyl halides is 3. The lowest BCUT2D eigenvalue weighted by atomic mass is 10.1. The molecule has 0 atom stereocenters. The van der Waals surface area contributed by atoms with Crippen molar-refractivity contribution in [2.45, 2.75) is 32.0 Å². The van der Waals surface area contributed by atoms with Crippen LogP contribution in [0.5, 0.6) is 5.75 Å². The predicted octanol–water partition coefficient (Wildman–Crippen LogP) is 3.34. The first kappa shape index (κ1) is 15.2. The highest BCUT2D eigenvalue weighted by molar-refractivity contribution is 9.10. The van der Waals surface area contributed by atoms with Gasteiger partial charge >= 0.3 is 6.18 Å². The second-order valence-electron chi connectivity index (χ2n) is 4.54. The fourth-order valence-corrected chi connectivity index (χ4v) is 2.57. The average molecular weight is 352 g/mol. The molecule has 2 rings (SSSR count). The summed E-state index contributed by atoms with van der Waals surface area (Å²) in [6.45, 7) is 0.749. The monoisotopic (exact) mass is 351 g/mol. The number of hydrogen-bond donors (Lipinski definition) is 1. The van der Waals surface area contributed by atoms with Crippen molar-refractivity contribution < 1.29 is 22.7 Å². The molecule has 7 heteroatoms. The molecule has 1 aliphatic heterocycles. The van der Waals surface area contributed by atoms with E-state index in [0.717, 1.165) is 27.8 Å². The van der Waals surface area contributed by atoms with Crippen molar-refractivity contribution in [2.75, 3.05) is 6.61 Å². The van der Waals surface area contributed by atoms with Crippen LogP contribution in [0.1, 0.15) is 24.0 Å². The Hall–Kier alpha value is -1.24. The summed E-state index contributed by atoms with van der Waals surface area (Å²) >= 11 is 3.36. The molecule has 0 fully saturated rings. The quantitative estimate of drug-likeness (QED) is 0.903. The normalized spacial score (nSPS) is 13.8. The van der Waals surface area contributed by atoms with Gasteiger partial charge in [0, 0.05) is 29.4 Å². The molecule has 0 bridgehead atoms. The lowest BCUT2D eigenvalue weighted by Gasteiger charge is -2.11. The Labute approximate surface area is 122 Å². The summed E-state index contributed by atoms with van der Waals surface area (Å²) in [6, 6.07) is 3.74. The van der Waals surface area contributed by atoms with Crippen LogP contribution in [0.3, 0.4) is 0 Å². The summed E-state index contributed by atoms with van der Waals surface area (Å²) in [4.78, 5) is 11.4. The lowest BCUT2D eigenvalue weighted by Crippen LogP contribution is -2.24. The molecule has 3 nitrogen and oxygen atoms in total. The van der Waals surface area contributed by atoms with Gasteiger partial charge in [0.25, 0.3) is 0 Å². The molecule has 0 aliphatic carbocycles. The van der Waals surface area contributed by atoms with Gasteiger partial charge in [-0.25, -0.2) is 0 Å². The number of carbonyl (C=O) groups excluding carboxylic acids is 1. The number of ether oxygens (including phenoxy) is 1. The van der Waals surface area contributed by atoms with Crippen LogP contribution in [0.15, 0.2) is 16.6 Å². The van der Waals surface area contributed by atoms with Gasteiger partial charge in [-0.05, 0) is 17.7 Å². The van der Waals surface area contributed by atoms with E-state index in [0.29, 0.717) is 6.61 Å². The van der Waals surface area contributed by atoms with E-state index in [-0.39, 0.29) is 6.54 Å². The average Bonchev–Trinajstić information content (AvgIpc) is 2.80. The van der Waals surface area contributed by atoms with Crippen molar-refractivity contribution in [3.63, 3.8) is 0 Å². The van der Waals surface area contributed by atoms with Gasteiger partial charge in [0.2, 0.25) is 5.91 Å². The van der Waals surface area contributed by atoms with Crippen molar-refractivity contribution >= 4 is 21.8 Å². The SMILES string of the molecule is O=C(CCC(F)(F)F)NCc1cc(Br)cc2c1OCC2. The van der Waals surface area contributed by atoms with Crippen LogP contribution in [0.4, 0.5) is 13.2 Å². The summed E-state index contributed by atoms with van der Waals surface area (Å²) < 4.78 is 42.4. The van der Waals surface area contributed by atoms with Crippen molar-refractivity contribution in [1.29, 1.82) is 0 Å². The number of carbonyl (C=O) groups is 1. The Morgan fingerprint density at radius 2 is 2.15 bits per heavy atom. The second kappa shape index (κ2) is 6.03. The smallest absolute Gasteiger partial charge is 0.389 e. The third kappa shape index (κ3) is 4.13. The highest BCUT2D eigenvalue weighted by Gasteiger charge is 2.28. The van der Waals surface area contributed by atoms with Crippen LogP contribution < -0.4 is 10.1 Å². The Morgan fingerprint density at radius 3 is 2.85 bits per heavy atom. The summed E-state index contributed by atoms with van der Waals surface area (Å²) in [5.41, 5.74) is 1.81. The van der Waals surface area contributed by atoms with E-state index in [9.17, 15) is 18.0 Å². The minimum absolute atomic E-state index is 0.165. The molecule has 1 aliphatic rings. The van der Waals surface area contributed by atoms with Gasteiger partial charge in [0.15, 0.2) is 0 Å². The molecule has 0 radical (unpaired) electrons. The van der Waals surface area contributed by atoms with E-state index in [1.165, 1.54) is 0 Å². The van der Waals surface area contributed by atoms with Gasteiger partial charge in [0.1, 0.15) is 5.75 Å². The Balaban J connectivity index is 1.93. The number of amides is 1. The Kier molecular flexibility index (Phi) is 4.57. The highest BCUT2D eigenvalue weighted by Crippen LogP contribution is 2.32. The van der Waals surface area contributed by atoms with E-state index in [1.807, 2.05) is 6.07 Å². The fourth-order valence-electron chi connectivity index (χ4n) is 2.01. The van der Waals surface area contributed by atoms with E-state index < -0.39 is 24.9 Å². The molecule has 0 saturated heterocycles. The first-order valence-electron chi connectivity index (χ1n) is 6.13. The van der Waals surface area contributed by atoms with Crippen molar-refractivity contribution in [1.82, 2.24) is 5.32 Å². The maximum absolute atomic E-state index is 12.0. The molecule has 1 aromatic rings. The molecule has 1 amide bonds. The lowest BCUT2D eigenvalue weighted by molar-refractivity contribution is -0.144. The molecule has 1 heterocycles. The molecule has 0 aromatic heterocycles. The molecule has 1 N–H and O–H groups in total. The van der Waals surface area contributed by atoms with Crippen LogP contribution >= 0.6 is 15.9 Å². The number of halogens is 4.